The van der Waals surface area contributed by atoms with E-state index in [4.69, 9.17) is 14.5 Å². The molecule has 0 radical (unpaired) electrons. The quantitative estimate of drug-likeness (QED) is 0.570. The van der Waals surface area contributed by atoms with Crippen LogP contribution in [-0.2, 0) is 9.47 Å². The Balaban J connectivity index is 1.73. The summed E-state index contributed by atoms with van der Waals surface area (Å²) in [5.41, 5.74) is 3.26. The van der Waals surface area contributed by atoms with E-state index in [0.29, 0.717) is 18.2 Å². The number of halogens is 1. The summed E-state index contributed by atoms with van der Waals surface area (Å²) in [7, 11) is 1.78. The second kappa shape index (κ2) is 9.32. The Morgan fingerprint density at radius 3 is 2.58 bits per heavy atom. The van der Waals surface area contributed by atoms with Gasteiger partial charge in [-0.25, -0.2) is 14.4 Å². The number of nitrogens with one attached hydrogen (secondary N) is 2. The number of nitrogens with zero attached hydrogens (tertiary/aromatic N) is 5. The Kier molecular flexibility index (Phi) is 6.48. The van der Waals surface area contributed by atoms with E-state index in [9.17, 15) is 4.39 Å². The summed E-state index contributed by atoms with van der Waals surface area (Å²) in [6.07, 6.45) is 3.87. The highest BCUT2D eigenvalue weighted by Gasteiger charge is 2.37. The van der Waals surface area contributed by atoms with E-state index in [0.717, 1.165) is 22.5 Å². The molecule has 3 aromatic rings. The van der Waals surface area contributed by atoms with E-state index in [2.05, 4.69) is 44.8 Å². The molecule has 1 aliphatic heterocycles. The minimum absolute atomic E-state index is 0.137. The summed E-state index contributed by atoms with van der Waals surface area (Å²) in [6, 6.07) is 6.30. The molecular weight excluding hydrogens is 425 g/mol. The number of aromatic amines is 1. The van der Waals surface area contributed by atoms with Crippen molar-refractivity contribution >= 4 is 12.0 Å². The number of tetrazole rings is 1. The molecule has 10 heteroatoms. The van der Waals surface area contributed by atoms with Crippen molar-refractivity contribution < 1.29 is 13.9 Å². The van der Waals surface area contributed by atoms with Crippen LogP contribution in [0.15, 0.2) is 30.3 Å². The fraction of sp³-hybridized carbons (Fsp3) is 0.435. The van der Waals surface area contributed by atoms with Crippen molar-refractivity contribution in [1.29, 1.82) is 0 Å². The predicted octanol–water partition coefficient (Wildman–Crippen LogP) is 4.26. The number of rotatable bonds is 6. The van der Waals surface area contributed by atoms with Gasteiger partial charge in [0.1, 0.15) is 11.9 Å². The molecule has 0 spiro atoms. The van der Waals surface area contributed by atoms with Crippen LogP contribution in [0.3, 0.4) is 0 Å². The molecule has 1 fully saturated rings. The van der Waals surface area contributed by atoms with Crippen LogP contribution in [0.25, 0.3) is 17.3 Å². The fourth-order valence-electron chi connectivity index (χ4n) is 3.86. The maximum atomic E-state index is 13.6. The van der Waals surface area contributed by atoms with Crippen LogP contribution in [0.2, 0.25) is 0 Å². The molecule has 3 heterocycles. The van der Waals surface area contributed by atoms with Crippen molar-refractivity contribution in [2.45, 2.75) is 58.0 Å². The van der Waals surface area contributed by atoms with Gasteiger partial charge in [-0.2, -0.15) is 5.21 Å². The monoisotopic (exact) mass is 453 g/mol. The number of anilines is 1. The fourth-order valence-corrected chi connectivity index (χ4v) is 3.86. The molecule has 0 aliphatic carbocycles. The number of benzene rings is 1. The van der Waals surface area contributed by atoms with Crippen LogP contribution >= 0.6 is 0 Å². The Hall–Kier alpha value is -3.24. The Morgan fingerprint density at radius 2 is 1.94 bits per heavy atom. The second-order valence-corrected chi connectivity index (χ2v) is 8.63. The van der Waals surface area contributed by atoms with E-state index in [1.54, 1.807) is 19.2 Å². The van der Waals surface area contributed by atoms with Gasteiger partial charge in [0.25, 0.3) is 0 Å². The summed E-state index contributed by atoms with van der Waals surface area (Å²) in [4.78, 5) is 9.39. The van der Waals surface area contributed by atoms with Gasteiger partial charge < -0.3 is 14.8 Å². The molecule has 0 bridgehead atoms. The van der Waals surface area contributed by atoms with Crippen LogP contribution in [0.1, 0.15) is 63.2 Å². The van der Waals surface area contributed by atoms with E-state index in [-0.39, 0.29) is 23.9 Å². The maximum absolute atomic E-state index is 13.6. The van der Waals surface area contributed by atoms with Gasteiger partial charge in [-0.15, -0.1) is 10.2 Å². The highest BCUT2D eigenvalue weighted by Crippen LogP contribution is 2.36. The van der Waals surface area contributed by atoms with Gasteiger partial charge in [0.2, 0.25) is 11.8 Å². The smallest absolute Gasteiger partial charge is 0.223 e. The van der Waals surface area contributed by atoms with Gasteiger partial charge >= 0.3 is 0 Å². The first-order chi connectivity index (χ1) is 15.8. The van der Waals surface area contributed by atoms with Crippen molar-refractivity contribution in [3.05, 3.63) is 53.2 Å². The third-order valence-electron chi connectivity index (χ3n) is 5.30. The molecule has 0 unspecified atom stereocenters. The Labute approximate surface area is 191 Å². The number of ether oxygens (including phenoxy) is 2. The van der Waals surface area contributed by atoms with E-state index < -0.39 is 5.79 Å². The normalized spacial score (nSPS) is 20.5. The topological polar surface area (TPSA) is 111 Å². The molecule has 2 N–H and O–H groups in total. The Morgan fingerprint density at radius 1 is 1.18 bits per heavy atom. The van der Waals surface area contributed by atoms with Crippen molar-refractivity contribution in [2.24, 2.45) is 0 Å². The van der Waals surface area contributed by atoms with Crippen LogP contribution < -0.4 is 5.32 Å². The highest BCUT2D eigenvalue weighted by atomic mass is 19.1. The average Bonchev–Trinajstić information content (AvgIpc) is 3.32. The standard InChI is InChI=1S/C23H28FN7O2/c1-13(2)19-17(20(27-22(25-5)26-19)14-6-8-15(24)9-7-14)11-10-16-12-18(21-28-30-31-29-21)33-23(3,4)32-16/h6-11,13,16,18H,12H2,1-5H3,(H,25,26,27)(H,28,29,30,31)/b11-10+/t16-,18-/m1/s1. The largest absolute Gasteiger partial charge is 0.357 e. The van der Waals surface area contributed by atoms with Gasteiger partial charge in [0, 0.05) is 24.6 Å². The molecule has 0 amide bonds. The molecule has 4 rings (SSSR count). The number of H-pyrrole nitrogens is 1. The molecule has 2 atom stereocenters. The summed E-state index contributed by atoms with van der Waals surface area (Å²) in [5, 5.41) is 17.3. The predicted molar refractivity (Wildman–Crippen MR) is 122 cm³/mol. The lowest BCUT2D eigenvalue weighted by atomic mass is 9.97. The summed E-state index contributed by atoms with van der Waals surface area (Å²) in [5.74, 6) is 0.00880. The lowest BCUT2D eigenvalue weighted by Gasteiger charge is -2.38. The van der Waals surface area contributed by atoms with Crippen LogP contribution in [0, 0.1) is 5.82 Å². The first kappa shape index (κ1) is 22.9. The van der Waals surface area contributed by atoms with E-state index >= 15 is 0 Å². The second-order valence-electron chi connectivity index (χ2n) is 8.63. The molecule has 33 heavy (non-hydrogen) atoms. The minimum Gasteiger partial charge on any atom is -0.357 e. The first-order valence-corrected chi connectivity index (χ1v) is 10.9. The van der Waals surface area contributed by atoms with Crippen LogP contribution in [0.5, 0.6) is 0 Å². The molecule has 1 aromatic carbocycles. The minimum atomic E-state index is -0.828. The average molecular weight is 454 g/mol. The van der Waals surface area contributed by atoms with Gasteiger partial charge in [0.15, 0.2) is 5.79 Å². The number of hydrogen-bond acceptors (Lipinski definition) is 8. The van der Waals surface area contributed by atoms with Crippen molar-refractivity contribution in [3.63, 3.8) is 0 Å². The molecule has 9 nitrogen and oxygen atoms in total. The lowest BCUT2D eigenvalue weighted by molar-refractivity contribution is -0.294. The number of aromatic nitrogens is 6. The number of hydrogen-bond donors (Lipinski definition) is 2. The SMILES string of the molecule is CNc1nc(-c2ccc(F)cc2)c(/C=C/[C@@H]2C[C@H](c3nn[nH]n3)OC(C)(C)O2)c(C(C)C)n1. The Bertz CT molecular complexity index is 1110. The zero-order chi connectivity index (χ0) is 23.6. The molecule has 1 aliphatic rings. The molecule has 0 saturated carbocycles. The summed E-state index contributed by atoms with van der Waals surface area (Å²) < 4.78 is 25.7. The molecule has 1 saturated heterocycles. The van der Waals surface area contributed by atoms with Gasteiger partial charge in [-0.05, 0) is 44.0 Å². The van der Waals surface area contributed by atoms with Gasteiger partial charge in [-0.1, -0.05) is 31.2 Å². The zero-order valence-corrected chi connectivity index (χ0v) is 19.3. The molecule has 174 valence electrons. The third-order valence-corrected chi connectivity index (χ3v) is 5.30. The van der Waals surface area contributed by atoms with Crippen LogP contribution in [0.4, 0.5) is 10.3 Å². The molecule has 2 aromatic heterocycles. The van der Waals surface area contributed by atoms with Crippen LogP contribution in [-0.4, -0.2) is 49.5 Å². The van der Waals surface area contributed by atoms with Crippen molar-refractivity contribution in [3.8, 4) is 11.3 Å². The van der Waals surface area contributed by atoms with E-state index in [1.807, 2.05) is 26.0 Å². The zero-order valence-electron chi connectivity index (χ0n) is 19.3. The summed E-state index contributed by atoms with van der Waals surface area (Å²) in [6.45, 7) is 7.87. The lowest BCUT2D eigenvalue weighted by Crippen LogP contribution is -2.40. The molecular formula is C23H28FN7O2. The maximum Gasteiger partial charge on any atom is 0.223 e. The van der Waals surface area contributed by atoms with Gasteiger partial charge in [-0.3, -0.25) is 0 Å². The van der Waals surface area contributed by atoms with Crippen molar-refractivity contribution in [2.75, 3.05) is 12.4 Å². The first-order valence-electron chi connectivity index (χ1n) is 10.9. The summed E-state index contributed by atoms with van der Waals surface area (Å²) >= 11 is 0. The third kappa shape index (κ3) is 5.23. The van der Waals surface area contributed by atoms with E-state index in [1.165, 1.54) is 12.1 Å². The highest BCUT2D eigenvalue weighted by molar-refractivity contribution is 5.74. The van der Waals surface area contributed by atoms with Crippen molar-refractivity contribution in [1.82, 2.24) is 30.6 Å². The van der Waals surface area contributed by atoms with Gasteiger partial charge in [0.05, 0.1) is 17.5 Å².